The molecule has 1 fully saturated rings. The lowest BCUT2D eigenvalue weighted by Gasteiger charge is -2.34. The summed E-state index contributed by atoms with van der Waals surface area (Å²) in [6.07, 6.45) is 3.19. The van der Waals surface area contributed by atoms with E-state index in [1.807, 2.05) is 6.92 Å². The third-order valence-electron chi connectivity index (χ3n) is 3.40. The van der Waals surface area contributed by atoms with Gasteiger partial charge in [-0.25, -0.2) is 5.84 Å². The zero-order chi connectivity index (χ0) is 14.8. The predicted octanol–water partition coefficient (Wildman–Crippen LogP) is -0.626. The fourth-order valence-corrected chi connectivity index (χ4v) is 2.29. The van der Waals surface area contributed by atoms with Crippen LogP contribution < -0.4 is 16.6 Å². The molecule has 0 saturated carbocycles. The number of unbranched alkanes of at least 4 members (excludes halogenated alkanes) is 2. The molecule has 0 aliphatic carbocycles. The maximum absolute atomic E-state index is 11.9. The minimum absolute atomic E-state index is 0.0368. The lowest BCUT2D eigenvalue weighted by Crippen LogP contribution is -2.53. The Hall–Kier alpha value is -1.18. The quantitative estimate of drug-likeness (QED) is 0.239. The number of carbonyl (C=O) groups excluding carboxylic acids is 2. The highest BCUT2D eigenvalue weighted by Crippen LogP contribution is 2.10. The van der Waals surface area contributed by atoms with Gasteiger partial charge in [0, 0.05) is 19.5 Å². The van der Waals surface area contributed by atoms with Crippen molar-refractivity contribution >= 4 is 11.8 Å². The normalized spacial score (nSPS) is 19.6. The molecule has 1 unspecified atom stereocenters. The molecule has 1 heterocycles. The third kappa shape index (κ3) is 5.85. The van der Waals surface area contributed by atoms with Crippen molar-refractivity contribution in [3.8, 4) is 0 Å². The number of nitrogens with two attached hydrogens (primary N) is 1. The molecule has 0 bridgehead atoms. The van der Waals surface area contributed by atoms with Gasteiger partial charge in [-0.05, 0) is 26.3 Å². The molecule has 4 N–H and O–H groups in total. The lowest BCUT2D eigenvalue weighted by atomic mass is 10.1. The Balaban J connectivity index is 2.25. The summed E-state index contributed by atoms with van der Waals surface area (Å²) in [5.41, 5.74) is 2.12. The molecular weight excluding hydrogens is 260 g/mol. The van der Waals surface area contributed by atoms with Gasteiger partial charge < -0.3 is 10.1 Å². The Morgan fingerprint density at radius 3 is 2.85 bits per heavy atom. The Kier molecular flexibility index (Phi) is 8.17. The topological polar surface area (TPSA) is 96.7 Å². The van der Waals surface area contributed by atoms with Gasteiger partial charge in [0.2, 0.25) is 11.8 Å². The molecule has 1 saturated heterocycles. The van der Waals surface area contributed by atoms with Crippen LogP contribution in [0.5, 0.6) is 0 Å². The molecule has 1 rings (SSSR count). The van der Waals surface area contributed by atoms with Crippen molar-refractivity contribution in [2.75, 3.05) is 32.8 Å². The highest BCUT2D eigenvalue weighted by atomic mass is 16.5. The molecular formula is C13H26N4O3. The summed E-state index contributed by atoms with van der Waals surface area (Å²) in [6.45, 7) is 5.32. The first-order valence-electron chi connectivity index (χ1n) is 7.28. The third-order valence-corrected chi connectivity index (χ3v) is 3.40. The van der Waals surface area contributed by atoms with E-state index in [9.17, 15) is 9.59 Å². The van der Waals surface area contributed by atoms with Crippen LogP contribution in [0.25, 0.3) is 0 Å². The Bertz CT molecular complexity index is 312. The molecule has 0 aromatic carbocycles. The number of hydrazine groups is 1. The van der Waals surface area contributed by atoms with Crippen LogP contribution in [0.15, 0.2) is 0 Å². The van der Waals surface area contributed by atoms with Crippen molar-refractivity contribution in [2.24, 2.45) is 5.84 Å². The number of likely N-dealkylation sites (N-methyl/N-ethyl adjacent to an activating group) is 1. The van der Waals surface area contributed by atoms with E-state index in [1.165, 1.54) is 0 Å². The van der Waals surface area contributed by atoms with Crippen LogP contribution >= 0.6 is 0 Å². The van der Waals surface area contributed by atoms with Gasteiger partial charge in [-0.1, -0.05) is 6.42 Å². The molecule has 7 heteroatoms. The van der Waals surface area contributed by atoms with Gasteiger partial charge in [0.05, 0.1) is 13.2 Å². The highest BCUT2D eigenvalue weighted by molar-refractivity contribution is 5.81. The van der Waals surface area contributed by atoms with Crippen molar-refractivity contribution in [3.05, 3.63) is 0 Å². The van der Waals surface area contributed by atoms with Gasteiger partial charge in [0.25, 0.3) is 0 Å². The average molecular weight is 286 g/mol. The summed E-state index contributed by atoms with van der Waals surface area (Å²) >= 11 is 0. The molecule has 0 aromatic heterocycles. The van der Waals surface area contributed by atoms with Crippen molar-refractivity contribution in [1.82, 2.24) is 15.6 Å². The van der Waals surface area contributed by atoms with Gasteiger partial charge in [0.1, 0.15) is 6.04 Å². The van der Waals surface area contributed by atoms with Crippen LogP contribution in [-0.2, 0) is 14.3 Å². The number of hydrogen-bond donors (Lipinski definition) is 3. The van der Waals surface area contributed by atoms with Gasteiger partial charge in [-0.2, -0.15) is 0 Å². The van der Waals surface area contributed by atoms with E-state index in [4.69, 9.17) is 10.6 Å². The fraction of sp³-hybridized carbons (Fsp3) is 0.846. The number of morpholine rings is 1. The highest BCUT2D eigenvalue weighted by Gasteiger charge is 2.28. The second-order valence-corrected chi connectivity index (χ2v) is 4.90. The van der Waals surface area contributed by atoms with E-state index in [1.54, 1.807) is 0 Å². The zero-order valence-electron chi connectivity index (χ0n) is 12.2. The monoisotopic (exact) mass is 286 g/mol. The first-order valence-corrected chi connectivity index (χ1v) is 7.28. The van der Waals surface area contributed by atoms with Crippen LogP contribution in [0.3, 0.4) is 0 Å². The summed E-state index contributed by atoms with van der Waals surface area (Å²) in [6, 6.07) is -0.184. The summed E-state index contributed by atoms with van der Waals surface area (Å²) in [7, 11) is 0. The molecule has 0 radical (unpaired) electrons. The Morgan fingerprint density at radius 2 is 2.15 bits per heavy atom. The van der Waals surface area contributed by atoms with Crippen LogP contribution in [0.4, 0.5) is 0 Å². The molecule has 20 heavy (non-hydrogen) atoms. The SMILES string of the molecule is CCNC(=O)C1COCCN1CCCCCC(=O)NN. The van der Waals surface area contributed by atoms with Crippen LogP contribution in [0, 0.1) is 0 Å². The van der Waals surface area contributed by atoms with Gasteiger partial charge in [0.15, 0.2) is 0 Å². The fourth-order valence-electron chi connectivity index (χ4n) is 2.29. The molecule has 116 valence electrons. The van der Waals surface area contributed by atoms with Crippen LogP contribution in [0.1, 0.15) is 32.6 Å². The summed E-state index contributed by atoms with van der Waals surface area (Å²) in [4.78, 5) is 25.1. The number of rotatable bonds is 8. The van der Waals surface area contributed by atoms with Crippen molar-refractivity contribution < 1.29 is 14.3 Å². The van der Waals surface area contributed by atoms with E-state index in [0.717, 1.165) is 32.4 Å². The first-order chi connectivity index (χ1) is 9.69. The summed E-state index contributed by atoms with van der Waals surface area (Å²) < 4.78 is 5.38. The van der Waals surface area contributed by atoms with Gasteiger partial charge >= 0.3 is 0 Å². The van der Waals surface area contributed by atoms with Crippen molar-refractivity contribution in [3.63, 3.8) is 0 Å². The van der Waals surface area contributed by atoms with Crippen LogP contribution in [-0.4, -0.2) is 55.6 Å². The zero-order valence-corrected chi connectivity index (χ0v) is 12.2. The standard InChI is InChI=1S/C13H26N4O3/c1-2-15-13(19)11-10-20-9-8-17(11)7-5-3-4-6-12(18)16-14/h11H,2-10,14H2,1H3,(H,15,19)(H,16,18). The largest absolute Gasteiger partial charge is 0.378 e. The molecule has 1 aliphatic heterocycles. The molecule has 0 aromatic rings. The molecule has 1 aliphatic rings. The van der Waals surface area contributed by atoms with Crippen molar-refractivity contribution in [1.29, 1.82) is 0 Å². The van der Waals surface area contributed by atoms with E-state index in [2.05, 4.69) is 15.6 Å². The maximum Gasteiger partial charge on any atom is 0.239 e. The summed E-state index contributed by atoms with van der Waals surface area (Å²) in [5, 5.41) is 2.84. The minimum atomic E-state index is -0.184. The maximum atomic E-state index is 11.9. The van der Waals surface area contributed by atoms with E-state index in [-0.39, 0.29) is 17.9 Å². The van der Waals surface area contributed by atoms with Gasteiger partial charge in [-0.3, -0.25) is 19.9 Å². The Labute approximate surface area is 120 Å². The second kappa shape index (κ2) is 9.68. The lowest BCUT2D eigenvalue weighted by molar-refractivity contribution is -0.132. The molecule has 2 amide bonds. The Morgan fingerprint density at radius 1 is 1.35 bits per heavy atom. The number of ether oxygens (including phenoxy) is 1. The van der Waals surface area contributed by atoms with E-state index in [0.29, 0.717) is 26.2 Å². The number of nitrogens with one attached hydrogen (secondary N) is 2. The number of amides is 2. The second-order valence-electron chi connectivity index (χ2n) is 4.90. The first kappa shape index (κ1) is 16.9. The van der Waals surface area contributed by atoms with E-state index < -0.39 is 0 Å². The van der Waals surface area contributed by atoms with Gasteiger partial charge in [-0.15, -0.1) is 0 Å². The van der Waals surface area contributed by atoms with Crippen LogP contribution in [0.2, 0.25) is 0 Å². The smallest absolute Gasteiger partial charge is 0.239 e. The average Bonchev–Trinajstić information content (AvgIpc) is 2.47. The number of carbonyl (C=O) groups is 2. The molecule has 1 atom stereocenters. The van der Waals surface area contributed by atoms with E-state index >= 15 is 0 Å². The summed E-state index contributed by atoms with van der Waals surface area (Å²) in [5.74, 6) is 4.93. The van der Waals surface area contributed by atoms with Crippen molar-refractivity contribution in [2.45, 2.75) is 38.6 Å². The predicted molar refractivity (Wildman–Crippen MR) is 75.7 cm³/mol. The molecule has 7 nitrogen and oxygen atoms in total. The molecule has 0 spiro atoms. The number of nitrogens with zero attached hydrogens (tertiary/aromatic N) is 1. The minimum Gasteiger partial charge on any atom is -0.378 e. The number of hydrogen-bond acceptors (Lipinski definition) is 5.